The van der Waals surface area contributed by atoms with E-state index in [1.165, 1.54) is 4.90 Å². The zero-order chi connectivity index (χ0) is 15.4. The van der Waals surface area contributed by atoms with Crippen LogP contribution < -0.4 is 16.0 Å². The van der Waals surface area contributed by atoms with Crippen LogP contribution in [-0.4, -0.2) is 42.9 Å². The molecule has 112 valence electrons. The van der Waals surface area contributed by atoms with Crippen LogP contribution >= 0.6 is 0 Å². The quantitative estimate of drug-likeness (QED) is 0.705. The summed E-state index contributed by atoms with van der Waals surface area (Å²) in [5.41, 5.74) is 1.72. The number of nitrogens with zero attached hydrogens (tertiary/aromatic N) is 1. The molecule has 1 aromatic rings. The van der Waals surface area contributed by atoms with Crippen molar-refractivity contribution in [3.8, 4) is 0 Å². The Hall–Kier alpha value is -2.41. The van der Waals surface area contributed by atoms with Crippen LogP contribution in [-0.2, 0) is 9.59 Å². The van der Waals surface area contributed by atoms with Crippen LogP contribution in [0.2, 0.25) is 0 Å². The molecule has 7 nitrogen and oxygen atoms in total. The second-order valence-corrected chi connectivity index (χ2v) is 4.89. The van der Waals surface area contributed by atoms with Crippen molar-refractivity contribution in [3.05, 3.63) is 29.8 Å². The second-order valence-electron chi connectivity index (χ2n) is 4.89. The predicted molar refractivity (Wildman–Crippen MR) is 77.7 cm³/mol. The number of hydrogen-bond acceptors (Lipinski definition) is 4. The van der Waals surface area contributed by atoms with Crippen LogP contribution in [0.4, 0.5) is 10.5 Å². The number of urea groups is 1. The summed E-state index contributed by atoms with van der Waals surface area (Å²) >= 11 is 0. The summed E-state index contributed by atoms with van der Waals surface area (Å²) in [6.07, 6.45) is 0. The molecule has 1 aromatic carbocycles. The first-order chi connectivity index (χ1) is 9.99. The average molecular weight is 290 g/mol. The van der Waals surface area contributed by atoms with E-state index in [1.54, 1.807) is 12.1 Å². The number of hydrogen-bond donors (Lipinski definition) is 3. The molecule has 1 aliphatic heterocycles. The highest BCUT2D eigenvalue weighted by atomic mass is 16.2. The number of carbonyl (C=O) groups is 3. The van der Waals surface area contributed by atoms with Gasteiger partial charge in [0.1, 0.15) is 13.1 Å². The molecule has 0 aliphatic carbocycles. The molecule has 0 bridgehead atoms. The molecule has 0 radical (unpaired) electrons. The predicted octanol–water partition coefficient (Wildman–Crippen LogP) is 0.457. The van der Waals surface area contributed by atoms with Gasteiger partial charge in [0.15, 0.2) is 0 Å². The first-order valence-corrected chi connectivity index (χ1v) is 6.65. The Morgan fingerprint density at radius 2 is 1.76 bits per heavy atom. The Balaban J connectivity index is 1.99. The van der Waals surface area contributed by atoms with E-state index in [1.807, 2.05) is 26.1 Å². The van der Waals surface area contributed by atoms with Gasteiger partial charge in [0.05, 0.1) is 0 Å². The lowest BCUT2D eigenvalue weighted by Crippen LogP contribution is -2.54. The molecule has 1 unspecified atom stereocenters. The standard InChI is InChI=1S/C14H18N4O3/c1-9(15-2)10-3-5-11(6-4-10)16-14(21)18-7-12(19)17-13(20)8-18/h3-6,9,15H,7-8H2,1-2H3,(H,16,21)(H,17,19,20). The topological polar surface area (TPSA) is 90.5 Å². The average Bonchev–Trinajstić information content (AvgIpc) is 2.46. The maximum absolute atomic E-state index is 12.0. The summed E-state index contributed by atoms with van der Waals surface area (Å²) in [7, 11) is 1.87. The fraction of sp³-hybridized carbons (Fsp3) is 0.357. The fourth-order valence-corrected chi connectivity index (χ4v) is 2.01. The van der Waals surface area contributed by atoms with Gasteiger partial charge in [-0.05, 0) is 31.7 Å². The number of carbonyl (C=O) groups excluding carboxylic acids is 3. The van der Waals surface area contributed by atoms with Crippen molar-refractivity contribution < 1.29 is 14.4 Å². The van der Waals surface area contributed by atoms with Crippen molar-refractivity contribution in [3.63, 3.8) is 0 Å². The summed E-state index contributed by atoms with van der Waals surface area (Å²) in [4.78, 5) is 35.6. The molecule has 2 rings (SSSR count). The minimum Gasteiger partial charge on any atom is -0.313 e. The van der Waals surface area contributed by atoms with Crippen molar-refractivity contribution in [1.82, 2.24) is 15.5 Å². The van der Waals surface area contributed by atoms with Crippen molar-refractivity contribution in [2.75, 3.05) is 25.5 Å². The zero-order valence-electron chi connectivity index (χ0n) is 12.0. The Bertz CT molecular complexity index is 540. The molecule has 1 heterocycles. The molecular weight excluding hydrogens is 272 g/mol. The van der Waals surface area contributed by atoms with E-state index in [0.29, 0.717) is 5.69 Å². The number of nitrogens with one attached hydrogen (secondary N) is 3. The lowest BCUT2D eigenvalue weighted by molar-refractivity contribution is -0.134. The molecule has 0 saturated carbocycles. The lowest BCUT2D eigenvalue weighted by Gasteiger charge is -2.25. The molecular formula is C14H18N4O3. The minimum absolute atomic E-state index is 0.119. The molecule has 0 spiro atoms. The fourth-order valence-electron chi connectivity index (χ4n) is 2.01. The molecule has 4 amide bonds. The van der Waals surface area contributed by atoms with Gasteiger partial charge in [-0.2, -0.15) is 0 Å². The Kier molecular flexibility index (Phi) is 4.54. The van der Waals surface area contributed by atoms with Gasteiger partial charge < -0.3 is 15.5 Å². The van der Waals surface area contributed by atoms with Gasteiger partial charge in [-0.3, -0.25) is 14.9 Å². The highest BCUT2D eigenvalue weighted by molar-refractivity contribution is 6.04. The Labute approximate surface area is 122 Å². The number of amides is 4. The van der Waals surface area contributed by atoms with Gasteiger partial charge in [0, 0.05) is 11.7 Å². The SMILES string of the molecule is CNC(C)c1ccc(NC(=O)N2CC(=O)NC(=O)C2)cc1. The number of piperazine rings is 1. The van der Waals surface area contributed by atoms with E-state index in [0.717, 1.165) is 5.56 Å². The largest absolute Gasteiger partial charge is 0.322 e. The van der Waals surface area contributed by atoms with E-state index >= 15 is 0 Å². The van der Waals surface area contributed by atoms with Crippen LogP contribution in [0.15, 0.2) is 24.3 Å². The van der Waals surface area contributed by atoms with Gasteiger partial charge in [-0.25, -0.2) is 4.79 Å². The number of rotatable bonds is 3. The van der Waals surface area contributed by atoms with Crippen molar-refractivity contribution in [1.29, 1.82) is 0 Å². The summed E-state index contributed by atoms with van der Waals surface area (Å²) in [5.74, 6) is -0.945. The summed E-state index contributed by atoms with van der Waals surface area (Å²) in [6, 6.07) is 7.14. The smallest absolute Gasteiger partial charge is 0.313 e. The Morgan fingerprint density at radius 3 is 2.29 bits per heavy atom. The van der Waals surface area contributed by atoms with Crippen LogP contribution in [0.3, 0.4) is 0 Å². The van der Waals surface area contributed by atoms with E-state index < -0.39 is 17.8 Å². The first kappa shape index (κ1) is 15.0. The molecule has 1 saturated heterocycles. The van der Waals surface area contributed by atoms with Gasteiger partial charge in [0.2, 0.25) is 11.8 Å². The van der Waals surface area contributed by atoms with Crippen LogP contribution in [0, 0.1) is 0 Å². The van der Waals surface area contributed by atoms with Gasteiger partial charge in [0.25, 0.3) is 0 Å². The molecule has 1 atom stereocenters. The summed E-state index contributed by atoms with van der Waals surface area (Å²) in [5, 5.41) is 7.94. The first-order valence-electron chi connectivity index (χ1n) is 6.65. The van der Waals surface area contributed by atoms with E-state index in [-0.39, 0.29) is 19.1 Å². The molecule has 1 fully saturated rings. The lowest BCUT2D eigenvalue weighted by atomic mass is 10.1. The second kappa shape index (κ2) is 6.36. The third-order valence-electron chi connectivity index (χ3n) is 3.33. The van der Waals surface area contributed by atoms with Gasteiger partial charge >= 0.3 is 6.03 Å². The summed E-state index contributed by atoms with van der Waals surface area (Å²) in [6.45, 7) is 1.80. The molecule has 7 heteroatoms. The van der Waals surface area contributed by atoms with Gasteiger partial charge in [-0.1, -0.05) is 12.1 Å². The molecule has 0 aromatic heterocycles. The highest BCUT2D eigenvalue weighted by Gasteiger charge is 2.26. The zero-order valence-corrected chi connectivity index (χ0v) is 12.0. The maximum Gasteiger partial charge on any atom is 0.322 e. The van der Waals surface area contributed by atoms with Crippen molar-refractivity contribution in [2.45, 2.75) is 13.0 Å². The summed E-state index contributed by atoms with van der Waals surface area (Å²) < 4.78 is 0. The normalized spacial score (nSPS) is 16.4. The molecule has 21 heavy (non-hydrogen) atoms. The van der Waals surface area contributed by atoms with Crippen molar-refractivity contribution >= 4 is 23.5 Å². The third kappa shape index (κ3) is 3.79. The van der Waals surface area contributed by atoms with Crippen LogP contribution in [0.5, 0.6) is 0 Å². The number of benzene rings is 1. The number of imide groups is 1. The maximum atomic E-state index is 12.0. The third-order valence-corrected chi connectivity index (χ3v) is 3.33. The van der Waals surface area contributed by atoms with Crippen LogP contribution in [0.25, 0.3) is 0 Å². The van der Waals surface area contributed by atoms with E-state index in [2.05, 4.69) is 16.0 Å². The minimum atomic E-state index is -0.473. The van der Waals surface area contributed by atoms with Gasteiger partial charge in [-0.15, -0.1) is 0 Å². The van der Waals surface area contributed by atoms with E-state index in [4.69, 9.17) is 0 Å². The monoisotopic (exact) mass is 290 g/mol. The van der Waals surface area contributed by atoms with Crippen LogP contribution in [0.1, 0.15) is 18.5 Å². The highest BCUT2D eigenvalue weighted by Crippen LogP contribution is 2.16. The number of anilines is 1. The van der Waals surface area contributed by atoms with Crippen molar-refractivity contribution in [2.24, 2.45) is 0 Å². The molecule has 3 N–H and O–H groups in total. The van der Waals surface area contributed by atoms with E-state index in [9.17, 15) is 14.4 Å². The molecule has 1 aliphatic rings. The Morgan fingerprint density at radius 1 is 1.19 bits per heavy atom.